The molecule has 4 nitrogen and oxygen atoms in total. The maximum Gasteiger partial charge on any atom is 0.328 e. The minimum absolute atomic E-state index is 0.0474. The molecule has 0 saturated carbocycles. The molecule has 0 unspecified atom stereocenters. The molecule has 0 spiro atoms. The highest BCUT2D eigenvalue weighted by molar-refractivity contribution is 5.87. The van der Waals surface area contributed by atoms with Crippen LogP contribution >= 0.6 is 0 Å². The highest BCUT2D eigenvalue weighted by Crippen LogP contribution is 2.11. The molecule has 1 N–H and O–H groups in total. The van der Waals surface area contributed by atoms with Gasteiger partial charge in [0.15, 0.2) is 0 Å². The van der Waals surface area contributed by atoms with Crippen molar-refractivity contribution in [2.75, 3.05) is 6.61 Å². The fraction of sp³-hybridized carbons (Fsp3) is 0.818. The predicted molar refractivity (Wildman–Crippen MR) is 107 cm³/mol. The van der Waals surface area contributed by atoms with Gasteiger partial charge >= 0.3 is 5.97 Å². The summed E-state index contributed by atoms with van der Waals surface area (Å²) in [6.07, 6.45) is 22.0. The first kappa shape index (κ1) is 22.7. The molecule has 1 amide bonds. The monoisotopic (exact) mass is 365 g/mol. The summed E-state index contributed by atoms with van der Waals surface area (Å²) in [5.74, 6) is -0.318. The zero-order chi connectivity index (χ0) is 18.9. The Labute approximate surface area is 160 Å². The minimum atomic E-state index is -0.410. The van der Waals surface area contributed by atoms with Crippen LogP contribution in [0.4, 0.5) is 0 Å². The Kier molecular flexibility index (Phi) is 13.9. The third kappa shape index (κ3) is 12.1. The van der Waals surface area contributed by atoms with E-state index in [0.717, 1.165) is 12.8 Å². The summed E-state index contributed by atoms with van der Waals surface area (Å²) >= 11 is 0. The van der Waals surface area contributed by atoms with E-state index in [-0.39, 0.29) is 11.9 Å². The Balaban J connectivity index is 1.78. The SMILES string of the molecule is CCCCCCC/C=C/CCCCCCCCOC(=O)[C@@H]1CCC(=O)N1. The molecular weight excluding hydrogens is 326 g/mol. The lowest BCUT2D eigenvalue weighted by Gasteiger charge is -2.09. The maximum atomic E-state index is 11.7. The van der Waals surface area contributed by atoms with Crippen LogP contribution in [0.15, 0.2) is 12.2 Å². The second-order valence-electron chi connectivity index (χ2n) is 7.41. The molecule has 0 aliphatic carbocycles. The van der Waals surface area contributed by atoms with Gasteiger partial charge in [0.05, 0.1) is 6.61 Å². The Hall–Kier alpha value is -1.32. The molecule has 1 aliphatic rings. The maximum absolute atomic E-state index is 11.7. The number of amides is 1. The minimum Gasteiger partial charge on any atom is -0.464 e. The molecule has 0 aromatic heterocycles. The van der Waals surface area contributed by atoms with Gasteiger partial charge in [0.25, 0.3) is 0 Å². The van der Waals surface area contributed by atoms with Crippen molar-refractivity contribution in [3.05, 3.63) is 12.2 Å². The van der Waals surface area contributed by atoms with Gasteiger partial charge in [-0.05, 0) is 38.5 Å². The average Bonchev–Trinajstić information content (AvgIpc) is 3.07. The third-order valence-corrected chi connectivity index (χ3v) is 4.93. The van der Waals surface area contributed by atoms with Gasteiger partial charge in [-0.25, -0.2) is 4.79 Å². The normalized spacial score (nSPS) is 17.0. The number of ether oxygens (including phenoxy) is 1. The summed E-state index contributed by atoms with van der Waals surface area (Å²) in [6, 6.07) is -0.410. The van der Waals surface area contributed by atoms with Crippen molar-refractivity contribution in [2.45, 2.75) is 109 Å². The Morgan fingerprint density at radius 3 is 2.12 bits per heavy atom. The van der Waals surface area contributed by atoms with Gasteiger partial charge in [-0.3, -0.25) is 4.79 Å². The van der Waals surface area contributed by atoms with Crippen LogP contribution in [0, 0.1) is 0 Å². The molecule has 0 aromatic rings. The number of hydrogen-bond donors (Lipinski definition) is 1. The van der Waals surface area contributed by atoms with Gasteiger partial charge in [0.1, 0.15) is 6.04 Å². The van der Waals surface area contributed by atoms with Crippen LogP contribution < -0.4 is 5.32 Å². The fourth-order valence-electron chi connectivity index (χ4n) is 3.24. The van der Waals surface area contributed by atoms with Crippen molar-refractivity contribution in [2.24, 2.45) is 0 Å². The number of carbonyl (C=O) groups is 2. The van der Waals surface area contributed by atoms with E-state index in [1.165, 1.54) is 70.6 Å². The molecule has 1 fully saturated rings. The van der Waals surface area contributed by atoms with Gasteiger partial charge in [-0.1, -0.05) is 70.4 Å². The number of carbonyl (C=O) groups excluding carboxylic acids is 2. The Morgan fingerprint density at radius 2 is 1.54 bits per heavy atom. The smallest absolute Gasteiger partial charge is 0.328 e. The molecule has 1 aliphatic heterocycles. The molecule has 1 heterocycles. The Bertz CT molecular complexity index is 406. The van der Waals surface area contributed by atoms with Crippen molar-refractivity contribution in [1.29, 1.82) is 0 Å². The van der Waals surface area contributed by atoms with Crippen LogP contribution in [0.5, 0.6) is 0 Å². The molecule has 1 rings (SSSR count). The second kappa shape index (κ2) is 15.9. The fourth-order valence-corrected chi connectivity index (χ4v) is 3.24. The summed E-state index contributed by atoms with van der Waals surface area (Å²) in [5.41, 5.74) is 0. The van der Waals surface area contributed by atoms with Crippen LogP contribution in [-0.4, -0.2) is 24.5 Å². The average molecular weight is 366 g/mol. The predicted octanol–water partition coefficient (Wildman–Crippen LogP) is 5.46. The van der Waals surface area contributed by atoms with Crippen LogP contribution in [0.2, 0.25) is 0 Å². The molecular formula is C22H39NO3. The Morgan fingerprint density at radius 1 is 0.962 bits per heavy atom. The molecule has 1 saturated heterocycles. The number of nitrogens with one attached hydrogen (secondary N) is 1. The van der Waals surface area contributed by atoms with Gasteiger partial charge < -0.3 is 10.1 Å². The van der Waals surface area contributed by atoms with E-state index in [1.54, 1.807) is 0 Å². The van der Waals surface area contributed by atoms with Crippen molar-refractivity contribution >= 4 is 11.9 Å². The van der Waals surface area contributed by atoms with Crippen LogP contribution in [0.25, 0.3) is 0 Å². The van der Waals surface area contributed by atoms with E-state index >= 15 is 0 Å². The first-order valence-corrected chi connectivity index (χ1v) is 10.8. The van der Waals surface area contributed by atoms with Gasteiger partial charge in [0, 0.05) is 6.42 Å². The molecule has 0 aromatic carbocycles. The summed E-state index contributed by atoms with van der Waals surface area (Å²) in [7, 11) is 0. The van der Waals surface area contributed by atoms with E-state index in [0.29, 0.717) is 19.4 Å². The van der Waals surface area contributed by atoms with Crippen molar-refractivity contribution in [3.63, 3.8) is 0 Å². The number of esters is 1. The van der Waals surface area contributed by atoms with E-state index in [2.05, 4.69) is 24.4 Å². The lowest BCUT2D eigenvalue weighted by atomic mass is 10.1. The van der Waals surface area contributed by atoms with E-state index in [1.807, 2.05) is 0 Å². The number of hydrogen-bond acceptors (Lipinski definition) is 3. The van der Waals surface area contributed by atoms with E-state index in [4.69, 9.17) is 4.74 Å². The van der Waals surface area contributed by atoms with Crippen molar-refractivity contribution < 1.29 is 14.3 Å². The quantitative estimate of drug-likeness (QED) is 0.225. The number of allylic oxidation sites excluding steroid dienone is 2. The van der Waals surface area contributed by atoms with E-state index < -0.39 is 6.04 Å². The molecule has 150 valence electrons. The molecule has 0 bridgehead atoms. The highest BCUT2D eigenvalue weighted by Gasteiger charge is 2.28. The van der Waals surface area contributed by atoms with Crippen LogP contribution in [-0.2, 0) is 14.3 Å². The molecule has 26 heavy (non-hydrogen) atoms. The van der Waals surface area contributed by atoms with Gasteiger partial charge in [-0.2, -0.15) is 0 Å². The van der Waals surface area contributed by atoms with E-state index in [9.17, 15) is 9.59 Å². The third-order valence-electron chi connectivity index (χ3n) is 4.93. The standard InChI is InChI=1S/C22H39NO3/c1-2-3-4-5-6-7-8-9-10-11-12-13-14-15-16-19-26-22(25)20-17-18-21(24)23-20/h8-9,20H,2-7,10-19H2,1H3,(H,23,24)/b9-8+/t20-/m0/s1. The second-order valence-corrected chi connectivity index (χ2v) is 7.41. The zero-order valence-electron chi connectivity index (χ0n) is 16.8. The van der Waals surface area contributed by atoms with Crippen LogP contribution in [0.1, 0.15) is 103 Å². The largest absolute Gasteiger partial charge is 0.464 e. The number of rotatable bonds is 16. The highest BCUT2D eigenvalue weighted by atomic mass is 16.5. The molecule has 4 heteroatoms. The zero-order valence-corrected chi connectivity index (χ0v) is 16.8. The summed E-state index contributed by atoms with van der Waals surface area (Å²) in [5, 5.41) is 2.64. The van der Waals surface area contributed by atoms with Gasteiger partial charge in [-0.15, -0.1) is 0 Å². The first-order chi connectivity index (χ1) is 12.7. The topological polar surface area (TPSA) is 55.4 Å². The summed E-state index contributed by atoms with van der Waals surface area (Å²) < 4.78 is 5.22. The molecule has 0 radical (unpaired) electrons. The molecule has 1 atom stereocenters. The van der Waals surface area contributed by atoms with Crippen molar-refractivity contribution in [3.8, 4) is 0 Å². The lowest BCUT2D eigenvalue weighted by Crippen LogP contribution is -2.34. The van der Waals surface area contributed by atoms with Gasteiger partial charge in [0.2, 0.25) is 5.91 Å². The lowest BCUT2D eigenvalue weighted by molar-refractivity contribution is -0.146. The summed E-state index contributed by atoms with van der Waals surface area (Å²) in [4.78, 5) is 22.8. The van der Waals surface area contributed by atoms with Crippen molar-refractivity contribution in [1.82, 2.24) is 5.32 Å². The number of unbranched alkanes of at least 4 members (excludes halogenated alkanes) is 11. The summed E-state index contributed by atoms with van der Waals surface area (Å²) in [6.45, 7) is 2.74. The first-order valence-electron chi connectivity index (χ1n) is 10.8. The van der Waals surface area contributed by atoms with Crippen LogP contribution in [0.3, 0.4) is 0 Å².